The quantitative estimate of drug-likeness (QED) is 0.322. The molecule has 2 aromatic carbocycles. The van der Waals surface area contributed by atoms with Gasteiger partial charge in [0.2, 0.25) is 10.0 Å². The number of benzene rings is 2. The number of sulfonamides is 1. The van der Waals surface area contributed by atoms with Crippen LogP contribution in [0.25, 0.3) is 0 Å². The SMILES string of the molecule is COc1ccc([N+](=O)[O-])cc1COC(=O)C1CCN(S(=O)(=O)c2ccc(C(C)C)cc2)CC1. The number of carbonyl (C=O) groups is 1. The van der Waals surface area contributed by atoms with Gasteiger partial charge in [-0.25, -0.2) is 8.42 Å². The van der Waals surface area contributed by atoms with Gasteiger partial charge in [-0.3, -0.25) is 14.9 Å². The predicted octanol–water partition coefficient (Wildman–Crippen LogP) is 3.87. The molecule has 0 aromatic heterocycles. The van der Waals surface area contributed by atoms with Crippen LogP contribution >= 0.6 is 0 Å². The van der Waals surface area contributed by atoms with Crippen LogP contribution in [-0.4, -0.2) is 43.8 Å². The second-order valence-corrected chi connectivity index (χ2v) is 10.2. The van der Waals surface area contributed by atoms with Crippen LogP contribution < -0.4 is 4.74 Å². The summed E-state index contributed by atoms with van der Waals surface area (Å²) in [6.45, 7) is 4.36. The number of nitrogens with zero attached hydrogens (tertiary/aromatic N) is 2. The van der Waals surface area contributed by atoms with E-state index in [1.54, 1.807) is 12.1 Å². The first-order valence-corrected chi connectivity index (χ1v) is 12.2. The number of piperidine rings is 1. The molecule has 1 aliphatic heterocycles. The molecule has 1 aliphatic rings. The molecule has 0 unspecified atom stereocenters. The molecule has 0 saturated carbocycles. The zero-order valence-electron chi connectivity index (χ0n) is 18.9. The Morgan fingerprint density at radius 3 is 2.33 bits per heavy atom. The number of ether oxygens (including phenoxy) is 2. The van der Waals surface area contributed by atoms with E-state index in [4.69, 9.17) is 9.47 Å². The van der Waals surface area contributed by atoms with Crippen LogP contribution in [0.15, 0.2) is 47.4 Å². The molecule has 0 bridgehead atoms. The van der Waals surface area contributed by atoms with Gasteiger partial charge >= 0.3 is 5.97 Å². The average molecular weight is 477 g/mol. The largest absolute Gasteiger partial charge is 0.496 e. The molecule has 1 saturated heterocycles. The number of non-ortho nitro benzene ring substituents is 1. The summed E-state index contributed by atoms with van der Waals surface area (Å²) in [6.07, 6.45) is 0.683. The lowest BCUT2D eigenvalue weighted by Gasteiger charge is -2.30. The molecule has 0 atom stereocenters. The third kappa shape index (κ3) is 5.69. The minimum absolute atomic E-state index is 0.123. The van der Waals surface area contributed by atoms with Crippen LogP contribution in [0.5, 0.6) is 5.75 Å². The Kier molecular flexibility index (Phi) is 7.70. The zero-order chi connectivity index (χ0) is 24.2. The Hall–Kier alpha value is -2.98. The van der Waals surface area contributed by atoms with Gasteiger partial charge in [-0.15, -0.1) is 0 Å². The smallest absolute Gasteiger partial charge is 0.309 e. The van der Waals surface area contributed by atoms with E-state index in [-0.39, 0.29) is 30.3 Å². The highest BCUT2D eigenvalue weighted by Gasteiger charge is 2.33. The molecule has 178 valence electrons. The summed E-state index contributed by atoms with van der Waals surface area (Å²) in [5.74, 6) is -0.199. The van der Waals surface area contributed by atoms with Gasteiger partial charge in [0.15, 0.2) is 0 Å². The van der Waals surface area contributed by atoms with Crippen LogP contribution in [-0.2, 0) is 26.2 Å². The van der Waals surface area contributed by atoms with Gasteiger partial charge in [0.25, 0.3) is 5.69 Å². The molecule has 0 N–H and O–H groups in total. The number of rotatable bonds is 8. The van der Waals surface area contributed by atoms with Gasteiger partial charge in [-0.1, -0.05) is 26.0 Å². The highest BCUT2D eigenvalue weighted by Crippen LogP contribution is 2.28. The van der Waals surface area contributed by atoms with Crippen molar-refractivity contribution in [2.45, 2.75) is 44.1 Å². The molecule has 1 fully saturated rings. The van der Waals surface area contributed by atoms with Gasteiger partial charge in [0, 0.05) is 30.8 Å². The Morgan fingerprint density at radius 1 is 1.15 bits per heavy atom. The van der Waals surface area contributed by atoms with Crippen LogP contribution in [0.3, 0.4) is 0 Å². The molecule has 3 rings (SSSR count). The summed E-state index contributed by atoms with van der Waals surface area (Å²) in [4.78, 5) is 23.3. The minimum atomic E-state index is -3.63. The number of carbonyl (C=O) groups excluding carboxylic acids is 1. The topological polar surface area (TPSA) is 116 Å². The Labute approximate surface area is 193 Å². The first kappa shape index (κ1) is 24.7. The second-order valence-electron chi connectivity index (χ2n) is 8.26. The van der Waals surface area contributed by atoms with Crippen LogP contribution in [0.1, 0.15) is 43.7 Å². The molecule has 0 spiro atoms. The van der Waals surface area contributed by atoms with Crippen molar-refractivity contribution in [3.8, 4) is 5.75 Å². The van der Waals surface area contributed by atoms with E-state index < -0.39 is 26.8 Å². The fourth-order valence-corrected chi connectivity index (χ4v) is 5.23. The molecule has 33 heavy (non-hydrogen) atoms. The molecule has 0 amide bonds. The summed E-state index contributed by atoms with van der Waals surface area (Å²) < 4.78 is 37.9. The first-order valence-electron chi connectivity index (χ1n) is 10.7. The maximum atomic E-state index is 13.0. The van der Waals surface area contributed by atoms with Gasteiger partial charge in [0.05, 0.1) is 22.8 Å². The third-order valence-electron chi connectivity index (χ3n) is 5.82. The molecule has 0 aliphatic carbocycles. The molecule has 10 heteroatoms. The zero-order valence-corrected chi connectivity index (χ0v) is 19.7. The van der Waals surface area contributed by atoms with Crippen molar-refractivity contribution in [2.75, 3.05) is 20.2 Å². The fraction of sp³-hybridized carbons (Fsp3) is 0.435. The summed E-state index contributed by atoms with van der Waals surface area (Å²) in [6, 6.07) is 11.0. The summed E-state index contributed by atoms with van der Waals surface area (Å²) in [5.41, 5.74) is 1.34. The third-order valence-corrected chi connectivity index (χ3v) is 7.73. The van der Waals surface area contributed by atoms with E-state index in [1.807, 2.05) is 26.0 Å². The number of hydrogen-bond acceptors (Lipinski definition) is 7. The number of nitro benzene ring substituents is 1. The maximum Gasteiger partial charge on any atom is 0.309 e. The molecule has 0 radical (unpaired) electrons. The van der Waals surface area contributed by atoms with Crippen molar-refractivity contribution >= 4 is 21.7 Å². The summed E-state index contributed by atoms with van der Waals surface area (Å²) in [5, 5.41) is 11.0. The van der Waals surface area contributed by atoms with E-state index in [1.165, 1.54) is 29.6 Å². The number of nitro groups is 1. The lowest BCUT2D eigenvalue weighted by molar-refractivity contribution is -0.385. The monoisotopic (exact) mass is 476 g/mol. The molecular weight excluding hydrogens is 448 g/mol. The van der Waals surface area contributed by atoms with E-state index in [0.29, 0.717) is 30.1 Å². The Morgan fingerprint density at radius 2 is 1.79 bits per heavy atom. The molecular formula is C23H28N2O7S. The predicted molar refractivity (Wildman–Crippen MR) is 121 cm³/mol. The van der Waals surface area contributed by atoms with Gasteiger partial charge in [0.1, 0.15) is 12.4 Å². The number of methoxy groups -OCH3 is 1. The summed E-state index contributed by atoms with van der Waals surface area (Å²) >= 11 is 0. The van der Waals surface area contributed by atoms with Crippen molar-refractivity contribution in [1.29, 1.82) is 0 Å². The van der Waals surface area contributed by atoms with E-state index >= 15 is 0 Å². The standard InChI is InChI=1S/C23H28N2O7S/c1-16(2)17-4-7-21(8-5-17)33(29,30)24-12-10-18(11-13-24)23(26)32-15-19-14-20(25(27)28)6-9-22(19)31-3/h4-9,14,16,18H,10-13,15H2,1-3H3. The highest BCUT2D eigenvalue weighted by molar-refractivity contribution is 7.89. The lowest BCUT2D eigenvalue weighted by atomic mass is 9.98. The first-order chi connectivity index (χ1) is 15.6. The number of esters is 1. The normalized spacial score (nSPS) is 15.4. The van der Waals surface area contributed by atoms with Crippen molar-refractivity contribution < 1.29 is 27.6 Å². The Balaban J connectivity index is 1.59. The van der Waals surface area contributed by atoms with Crippen LogP contribution in [0.2, 0.25) is 0 Å². The second kappa shape index (κ2) is 10.3. The minimum Gasteiger partial charge on any atom is -0.496 e. The van der Waals surface area contributed by atoms with E-state index in [0.717, 1.165) is 5.56 Å². The molecule has 2 aromatic rings. The lowest BCUT2D eigenvalue weighted by Crippen LogP contribution is -2.40. The van der Waals surface area contributed by atoms with Gasteiger partial charge in [-0.05, 0) is 42.5 Å². The average Bonchev–Trinajstić information content (AvgIpc) is 2.82. The highest BCUT2D eigenvalue weighted by atomic mass is 32.2. The van der Waals surface area contributed by atoms with E-state index in [2.05, 4.69) is 0 Å². The van der Waals surface area contributed by atoms with Gasteiger partial charge < -0.3 is 9.47 Å². The maximum absolute atomic E-state index is 13.0. The van der Waals surface area contributed by atoms with Crippen molar-refractivity contribution in [2.24, 2.45) is 5.92 Å². The van der Waals surface area contributed by atoms with Crippen molar-refractivity contribution in [3.63, 3.8) is 0 Å². The summed E-state index contributed by atoms with van der Waals surface area (Å²) in [7, 11) is -2.20. The molecule has 9 nitrogen and oxygen atoms in total. The van der Waals surface area contributed by atoms with Crippen LogP contribution in [0, 0.1) is 16.0 Å². The Bertz CT molecular complexity index is 1110. The molecule has 1 heterocycles. The van der Waals surface area contributed by atoms with Crippen molar-refractivity contribution in [1.82, 2.24) is 4.31 Å². The van der Waals surface area contributed by atoms with Gasteiger partial charge in [-0.2, -0.15) is 4.31 Å². The number of hydrogen-bond donors (Lipinski definition) is 0. The van der Waals surface area contributed by atoms with E-state index in [9.17, 15) is 23.3 Å². The van der Waals surface area contributed by atoms with Crippen LogP contribution in [0.4, 0.5) is 5.69 Å². The fourth-order valence-electron chi connectivity index (χ4n) is 3.76. The van der Waals surface area contributed by atoms with Crippen molar-refractivity contribution in [3.05, 3.63) is 63.7 Å².